The molecule has 0 amide bonds. The van der Waals surface area contributed by atoms with Crippen LogP contribution < -0.4 is 0 Å². The summed E-state index contributed by atoms with van der Waals surface area (Å²) in [5.74, 6) is 0. The molecule has 17 heavy (non-hydrogen) atoms. The highest BCUT2D eigenvalue weighted by Gasteiger charge is 2.00. The van der Waals surface area contributed by atoms with Crippen molar-refractivity contribution in [1.82, 2.24) is 4.90 Å². The molecule has 102 valence electrons. The van der Waals surface area contributed by atoms with Gasteiger partial charge in [0.05, 0.1) is 33.0 Å². The van der Waals surface area contributed by atoms with E-state index in [9.17, 15) is 0 Å². The minimum atomic E-state index is 0.0694. The van der Waals surface area contributed by atoms with E-state index in [0.29, 0.717) is 32.8 Å². The van der Waals surface area contributed by atoms with Crippen LogP contribution in [0.2, 0.25) is 0 Å². The van der Waals surface area contributed by atoms with E-state index in [-0.39, 0.29) is 19.8 Å². The second-order valence-corrected chi connectivity index (χ2v) is 3.13. The van der Waals surface area contributed by atoms with Crippen LogP contribution >= 0.6 is 0 Å². The van der Waals surface area contributed by atoms with Gasteiger partial charge in [-0.3, -0.25) is 4.90 Å². The van der Waals surface area contributed by atoms with E-state index in [2.05, 4.69) is 13.2 Å². The summed E-state index contributed by atoms with van der Waals surface area (Å²) in [4.78, 5) is 1.79. The van der Waals surface area contributed by atoms with Crippen LogP contribution in [-0.2, 0) is 4.74 Å². The fourth-order valence-electron chi connectivity index (χ4n) is 0.994. The first-order chi connectivity index (χ1) is 8.26. The predicted molar refractivity (Wildman–Crippen MR) is 68.9 cm³/mol. The van der Waals surface area contributed by atoms with Gasteiger partial charge in [0.25, 0.3) is 0 Å². The van der Waals surface area contributed by atoms with E-state index in [4.69, 9.17) is 20.1 Å². The lowest BCUT2D eigenvalue weighted by atomic mass is 10.4. The molecular formula is C12H25NO4. The van der Waals surface area contributed by atoms with Crippen molar-refractivity contribution in [1.29, 1.82) is 0 Å². The second-order valence-electron chi connectivity index (χ2n) is 3.13. The molecular weight excluding hydrogens is 222 g/mol. The standard InChI is InChI=1S/C6H15NO3.C6H10O/c8-4-1-7(2-5-9)3-6-10;1-3-5-7-6-4-2/h8-10H,1-6H2;3-4H,1-2,5-6H2. The number of aliphatic hydroxyl groups excluding tert-OH is 3. The molecule has 0 bridgehead atoms. The average molecular weight is 247 g/mol. The molecule has 0 aromatic heterocycles. The highest BCUT2D eigenvalue weighted by molar-refractivity contribution is 4.68. The first kappa shape index (κ1) is 18.6. The lowest BCUT2D eigenvalue weighted by Gasteiger charge is -2.17. The van der Waals surface area contributed by atoms with E-state index in [0.717, 1.165) is 0 Å². The zero-order valence-corrected chi connectivity index (χ0v) is 10.4. The maximum atomic E-state index is 8.48. The largest absolute Gasteiger partial charge is 0.395 e. The number of ether oxygens (including phenoxy) is 1. The number of hydrogen-bond acceptors (Lipinski definition) is 5. The van der Waals surface area contributed by atoms with E-state index in [1.54, 1.807) is 17.1 Å². The van der Waals surface area contributed by atoms with Crippen LogP contribution in [0, 0.1) is 0 Å². The van der Waals surface area contributed by atoms with Gasteiger partial charge in [0.15, 0.2) is 0 Å². The molecule has 0 aliphatic heterocycles. The van der Waals surface area contributed by atoms with Crippen molar-refractivity contribution in [3.05, 3.63) is 25.3 Å². The molecule has 0 spiro atoms. The molecule has 5 nitrogen and oxygen atoms in total. The topological polar surface area (TPSA) is 73.2 Å². The SMILES string of the molecule is C=CCOCC=C.OCCN(CCO)CCO. The third kappa shape index (κ3) is 17.9. The molecule has 0 aromatic rings. The second kappa shape index (κ2) is 17.7. The Kier molecular flexibility index (Phi) is 19.4. The summed E-state index contributed by atoms with van der Waals surface area (Å²) in [7, 11) is 0. The molecule has 0 radical (unpaired) electrons. The van der Waals surface area contributed by atoms with Crippen molar-refractivity contribution < 1.29 is 20.1 Å². The molecule has 0 aliphatic rings. The smallest absolute Gasteiger partial charge is 0.0649 e. The quantitative estimate of drug-likeness (QED) is 0.363. The Bertz CT molecular complexity index is 142. The molecule has 0 unspecified atom stereocenters. The summed E-state index contributed by atoms with van der Waals surface area (Å²) >= 11 is 0. The summed E-state index contributed by atoms with van der Waals surface area (Å²) < 4.78 is 4.90. The van der Waals surface area contributed by atoms with Gasteiger partial charge in [-0.15, -0.1) is 13.2 Å². The van der Waals surface area contributed by atoms with Gasteiger partial charge in [0.1, 0.15) is 0 Å². The first-order valence-electron chi connectivity index (χ1n) is 5.61. The third-order valence-electron chi connectivity index (χ3n) is 1.72. The molecule has 0 heterocycles. The van der Waals surface area contributed by atoms with E-state index < -0.39 is 0 Å². The monoisotopic (exact) mass is 247 g/mol. The van der Waals surface area contributed by atoms with Crippen molar-refractivity contribution >= 4 is 0 Å². The fraction of sp³-hybridized carbons (Fsp3) is 0.667. The Morgan fingerprint density at radius 1 is 0.824 bits per heavy atom. The van der Waals surface area contributed by atoms with Crippen molar-refractivity contribution in [2.75, 3.05) is 52.7 Å². The Morgan fingerprint density at radius 2 is 1.18 bits per heavy atom. The van der Waals surface area contributed by atoms with E-state index in [1.165, 1.54) is 0 Å². The van der Waals surface area contributed by atoms with Crippen LogP contribution in [0.1, 0.15) is 0 Å². The third-order valence-corrected chi connectivity index (χ3v) is 1.72. The maximum absolute atomic E-state index is 8.48. The molecule has 0 saturated carbocycles. The first-order valence-corrected chi connectivity index (χ1v) is 5.61. The molecule has 0 saturated heterocycles. The molecule has 0 rings (SSSR count). The van der Waals surface area contributed by atoms with Crippen LogP contribution in [0.15, 0.2) is 25.3 Å². The summed E-state index contributed by atoms with van der Waals surface area (Å²) in [6, 6.07) is 0. The molecule has 0 atom stereocenters. The summed E-state index contributed by atoms with van der Waals surface area (Å²) in [5.41, 5.74) is 0. The van der Waals surface area contributed by atoms with Crippen molar-refractivity contribution in [2.45, 2.75) is 0 Å². The predicted octanol–water partition coefficient (Wildman–Crippen LogP) is -0.360. The van der Waals surface area contributed by atoms with Crippen molar-refractivity contribution in [3.63, 3.8) is 0 Å². The van der Waals surface area contributed by atoms with Gasteiger partial charge < -0.3 is 20.1 Å². The van der Waals surface area contributed by atoms with Gasteiger partial charge in [-0.05, 0) is 0 Å². The Hall–Kier alpha value is -0.720. The van der Waals surface area contributed by atoms with Gasteiger partial charge in [0, 0.05) is 19.6 Å². The van der Waals surface area contributed by atoms with Crippen LogP contribution in [-0.4, -0.2) is 72.9 Å². The Labute approximate surface area is 104 Å². The highest BCUT2D eigenvalue weighted by atomic mass is 16.5. The van der Waals surface area contributed by atoms with Gasteiger partial charge in [-0.1, -0.05) is 12.2 Å². The fourth-order valence-corrected chi connectivity index (χ4v) is 0.994. The molecule has 0 fully saturated rings. The number of aliphatic hydroxyl groups is 3. The number of hydrogen-bond donors (Lipinski definition) is 3. The summed E-state index contributed by atoms with van der Waals surface area (Å²) in [6.07, 6.45) is 3.42. The maximum Gasteiger partial charge on any atom is 0.0649 e. The molecule has 5 heteroatoms. The van der Waals surface area contributed by atoms with E-state index in [1.807, 2.05) is 0 Å². The van der Waals surface area contributed by atoms with Crippen molar-refractivity contribution in [3.8, 4) is 0 Å². The van der Waals surface area contributed by atoms with E-state index >= 15 is 0 Å². The lowest BCUT2D eigenvalue weighted by molar-refractivity contribution is 0.136. The minimum absolute atomic E-state index is 0.0694. The van der Waals surface area contributed by atoms with Crippen LogP contribution in [0.3, 0.4) is 0 Å². The van der Waals surface area contributed by atoms with Gasteiger partial charge in [-0.2, -0.15) is 0 Å². The van der Waals surface area contributed by atoms with Gasteiger partial charge >= 0.3 is 0 Å². The lowest BCUT2D eigenvalue weighted by Crippen LogP contribution is -2.32. The zero-order valence-electron chi connectivity index (χ0n) is 10.4. The Morgan fingerprint density at radius 3 is 1.41 bits per heavy atom. The van der Waals surface area contributed by atoms with Gasteiger partial charge in [0.2, 0.25) is 0 Å². The number of nitrogens with zero attached hydrogens (tertiary/aromatic N) is 1. The summed E-state index contributed by atoms with van der Waals surface area (Å²) in [5, 5.41) is 25.5. The van der Waals surface area contributed by atoms with Gasteiger partial charge in [-0.25, -0.2) is 0 Å². The highest BCUT2D eigenvalue weighted by Crippen LogP contribution is 1.84. The van der Waals surface area contributed by atoms with Crippen molar-refractivity contribution in [2.24, 2.45) is 0 Å². The molecule has 0 aliphatic carbocycles. The van der Waals surface area contributed by atoms with Crippen LogP contribution in [0.4, 0.5) is 0 Å². The minimum Gasteiger partial charge on any atom is -0.395 e. The molecule has 3 N–H and O–H groups in total. The molecule has 0 aromatic carbocycles. The van der Waals surface area contributed by atoms with Crippen LogP contribution in [0.25, 0.3) is 0 Å². The zero-order chi connectivity index (χ0) is 13.4. The number of rotatable bonds is 10. The summed E-state index contributed by atoms with van der Waals surface area (Å²) in [6.45, 7) is 9.93. The normalized spacial score (nSPS) is 9.65. The van der Waals surface area contributed by atoms with Crippen LogP contribution in [0.5, 0.6) is 0 Å². The average Bonchev–Trinajstić information content (AvgIpc) is 2.32. The Balaban J connectivity index is 0.